The first-order valence-corrected chi connectivity index (χ1v) is 5.46. The van der Waals surface area contributed by atoms with Crippen LogP contribution in [0, 0.1) is 11.8 Å². The Balaban J connectivity index is 2.42. The van der Waals surface area contributed by atoms with Gasteiger partial charge in [-0.1, -0.05) is 50.3 Å². The average molecular weight is 186 g/mol. The van der Waals surface area contributed by atoms with Gasteiger partial charge in [0.2, 0.25) is 0 Å². The van der Waals surface area contributed by atoms with Crippen molar-refractivity contribution in [2.75, 3.05) is 0 Å². The van der Waals surface area contributed by atoms with Crippen LogP contribution >= 0.6 is 0 Å². The SMILES string of the molecule is C=C1CCC2=C1C(C)/C=C\C(C)/C=C\2. The van der Waals surface area contributed by atoms with Crippen molar-refractivity contribution in [2.24, 2.45) is 11.8 Å². The molecule has 0 bridgehead atoms. The van der Waals surface area contributed by atoms with E-state index in [4.69, 9.17) is 0 Å². The maximum absolute atomic E-state index is 4.15. The second-order valence-corrected chi connectivity index (χ2v) is 4.43. The number of allylic oxidation sites excluding steroid dienone is 7. The second-order valence-electron chi connectivity index (χ2n) is 4.43. The highest BCUT2D eigenvalue weighted by atomic mass is 14.3. The lowest BCUT2D eigenvalue weighted by molar-refractivity contribution is 0.835. The summed E-state index contributed by atoms with van der Waals surface area (Å²) in [5.41, 5.74) is 4.35. The zero-order chi connectivity index (χ0) is 10.1. The fraction of sp³-hybridized carbons (Fsp3) is 0.429. The molecule has 2 unspecified atom stereocenters. The van der Waals surface area contributed by atoms with Gasteiger partial charge in [-0.3, -0.25) is 0 Å². The number of rotatable bonds is 0. The predicted octanol–water partition coefficient (Wildman–Crippen LogP) is 4.03. The van der Waals surface area contributed by atoms with E-state index in [0.717, 1.165) is 6.42 Å². The summed E-state index contributed by atoms with van der Waals surface area (Å²) >= 11 is 0. The molecule has 0 radical (unpaired) electrons. The Kier molecular flexibility index (Phi) is 2.45. The molecule has 2 rings (SSSR count). The summed E-state index contributed by atoms with van der Waals surface area (Å²) < 4.78 is 0. The zero-order valence-corrected chi connectivity index (χ0v) is 9.09. The van der Waals surface area contributed by atoms with Gasteiger partial charge in [-0.25, -0.2) is 0 Å². The van der Waals surface area contributed by atoms with E-state index in [1.165, 1.54) is 23.1 Å². The van der Waals surface area contributed by atoms with E-state index in [1.807, 2.05) is 0 Å². The molecule has 0 aromatic carbocycles. The van der Waals surface area contributed by atoms with Gasteiger partial charge in [0.15, 0.2) is 0 Å². The minimum Gasteiger partial charge on any atom is -0.0955 e. The third-order valence-electron chi connectivity index (χ3n) is 3.18. The maximum Gasteiger partial charge on any atom is -0.000498 e. The van der Waals surface area contributed by atoms with Crippen LogP contribution in [0.2, 0.25) is 0 Å². The Morgan fingerprint density at radius 3 is 2.71 bits per heavy atom. The van der Waals surface area contributed by atoms with E-state index < -0.39 is 0 Å². The first-order chi connectivity index (χ1) is 6.68. The Labute approximate surface area is 86.7 Å². The van der Waals surface area contributed by atoms with Gasteiger partial charge < -0.3 is 0 Å². The lowest BCUT2D eigenvalue weighted by Gasteiger charge is -2.14. The van der Waals surface area contributed by atoms with Crippen molar-refractivity contribution in [2.45, 2.75) is 26.7 Å². The zero-order valence-electron chi connectivity index (χ0n) is 9.09. The average Bonchev–Trinajstić information content (AvgIpc) is 2.50. The summed E-state index contributed by atoms with van der Waals surface area (Å²) in [7, 11) is 0. The monoisotopic (exact) mass is 186 g/mol. The van der Waals surface area contributed by atoms with Crippen LogP contribution in [0.4, 0.5) is 0 Å². The summed E-state index contributed by atoms with van der Waals surface area (Å²) in [5.74, 6) is 1.12. The van der Waals surface area contributed by atoms with Crippen molar-refractivity contribution >= 4 is 0 Å². The highest BCUT2D eigenvalue weighted by Crippen LogP contribution is 2.37. The molecule has 0 saturated carbocycles. The third kappa shape index (κ3) is 1.61. The largest absolute Gasteiger partial charge is 0.0955 e. The minimum absolute atomic E-state index is 0.549. The van der Waals surface area contributed by atoms with Crippen LogP contribution in [-0.2, 0) is 0 Å². The van der Waals surface area contributed by atoms with E-state index in [9.17, 15) is 0 Å². The Bertz CT molecular complexity index is 339. The Morgan fingerprint density at radius 2 is 1.93 bits per heavy atom. The van der Waals surface area contributed by atoms with Gasteiger partial charge in [-0.15, -0.1) is 0 Å². The standard InChI is InChI=1S/C14H18/c1-10-4-6-11(2)14-12(3)7-9-13(14)8-5-10/h4-6,8,10-11H,3,7,9H2,1-2H3/b6-4-,8-5-. The smallest absolute Gasteiger partial charge is 0.000498 e. The van der Waals surface area contributed by atoms with Crippen molar-refractivity contribution in [3.05, 3.63) is 47.6 Å². The summed E-state index contributed by atoms with van der Waals surface area (Å²) in [6, 6.07) is 0. The normalized spacial score (nSPS) is 36.3. The molecular formula is C14H18. The molecule has 0 nitrogen and oxygen atoms in total. The fourth-order valence-corrected chi connectivity index (χ4v) is 2.34. The summed E-state index contributed by atoms with van der Waals surface area (Å²) in [5, 5.41) is 0. The topological polar surface area (TPSA) is 0 Å². The van der Waals surface area contributed by atoms with Crippen LogP contribution in [0.5, 0.6) is 0 Å². The minimum atomic E-state index is 0.549. The first kappa shape index (κ1) is 9.51. The van der Waals surface area contributed by atoms with Gasteiger partial charge in [0.25, 0.3) is 0 Å². The van der Waals surface area contributed by atoms with Crippen LogP contribution < -0.4 is 0 Å². The number of hydrogen-bond donors (Lipinski definition) is 0. The van der Waals surface area contributed by atoms with Crippen LogP contribution in [0.1, 0.15) is 26.7 Å². The molecule has 0 spiro atoms. The molecule has 2 aliphatic rings. The Morgan fingerprint density at radius 1 is 1.14 bits per heavy atom. The molecular weight excluding hydrogens is 168 g/mol. The molecule has 2 atom stereocenters. The van der Waals surface area contributed by atoms with Crippen molar-refractivity contribution in [3.8, 4) is 0 Å². The molecule has 0 aromatic heterocycles. The van der Waals surface area contributed by atoms with Crippen molar-refractivity contribution < 1.29 is 0 Å². The van der Waals surface area contributed by atoms with Crippen LogP contribution in [0.25, 0.3) is 0 Å². The van der Waals surface area contributed by atoms with Gasteiger partial charge in [0, 0.05) is 0 Å². The molecule has 0 aromatic rings. The lowest BCUT2D eigenvalue weighted by atomic mass is 9.91. The van der Waals surface area contributed by atoms with Crippen molar-refractivity contribution in [3.63, 3.8) is 0 Å². The molecule has 0 amide bonds. The van der Waals surface area contributed by atoms with Gasteiger partial charge in [-0.2, -0.15) is 0 Å². The summed E-state index contributed by atoms with van der Waals surface area (Å²) in [6.07, 6.45) is 11.5. The molecule has 0 N–H and O–H groups in total. The van der Waals surface area contributed by atoms with E-state index >= 15 is 0 Å². The van der Waals surface area contributed by atoms with Gasteiger partial charge in [0.1, 0.15) is 0 Å². The lowest BCUT2D eigenvalue weighted by Crippen LogP contribution is -2.00. The summed E-state index contributed by atoms with van der Waals surface area (Å²) in [4.78, 5) is 0. The highest BCUT2D eigenvalue weighted by molar-refractivity contribution is 5.47. The molecule has 0 heteroatoms. The fourth-order valence-electron chi connectivity index (χ4n) is 2.34. The van der Waals surface area contributed by atoms with E-state index in [1.54, 1.807) is 0 Å². The molecule has 0 aliphatic heterocycles. The highest BCUT2D eigenvalue weighted by Gasteiger charge is 2.20. The molecule has 2 aliphatic carbocycles. The van der Waals surface area contributed by atoms with Crippen LogP contribution in [-0.4, -0.2) is 0 Å². The summed E-state index contributed by atoms with van der Waals surface area (Å²) in [6.45, 7) is 8.66. The molecule has 14 heavy (non-hydrogen) atoms. The van der Waals surface area contributed by atoms with Crippen molar-refractivity contribution in [1.29, 1.82) is 0 Å². The van der Waals surface area contributed by atoms with Crippen molar-refractivity contribution in [1.82, 2.24) is 0 Å². The second kappa shape index (κ2) is 3.61. The van der Waals surface area contributed by atoms with E-state index in [0.29, 0.717) is 11.8 Å². The maximum atomic E-state index is 4.15. The van der Waals surface area contributed by atoms with Gasteiger partial charge in [0.05, 0.1) is 0 Å². The van der Waals surface area contributed by atoms with E-state index in [2.05, 4.69) is 44.7 Å². The quantitative estimate of drug-likeness (QED) is 0.501. The third-order valence-corrected chi connectivity index (χ3v) is 3.18. The van der Waals surface area contributed by atoms with E-state index in [-0.39, 0.29) is 0 Å². The first-order valence-electron chi connectivity index (χ1n) is 5.46. The van der Waals surface area contributed by atoms with Crippen LogP contribution in [0.3, 0.4) is 0 Å². The van der Waals surface area contributed by atoms with Crippen LogP contribution in [0.15, 0.2) is 47.6 Å². The van der Waals surface area contributed by atoms with Gasteiger partial charge in [-0.05, 0) is 35.8 Å². The molecule has 74 valence electrons. The molecule has 0 fully saturated rings. The predicted molar refractivity (Wildman–Crippen MR) is 62.0 cm³/mol. The molecule has 0 heterocycles. The Hall–Kier alpha value is -1.04. The molecule has 0 saturated heterocycles. The van der Waals surface area contributed by atoms with Gasteiger partial charge >= 0.3 is 0 Å². The number of hydrogen-bond acceptors (Lipinski definition) is 0.